The molecule has 0 radical (unpaired) electrons. The summed E-state index contributed by atoms with van der Waals surface area (Å²) in [7, 11) is 0. The van der Waals surface area contributed by atoms with Crippen LogP contribution in [0.4, 0.5) is 0 Å². The highest BCUT2D eigenvalue weighted by molar-refractivity contribution is 5.29. The van der Waals surface area contributed by atoms with E-state index < -0.39 is 0 Å². The lowest BCUT2D eigenvalue weighted by molar-refractivity contribution is 0.319. The molecule has 0 atom stereocenters. The molecule has 0 spiro atoms. The van der Waals surface area contributed by atoms with Crippen molar-refractivity contribution in [3.63, 3.8) is 0 Å². The fraction of sp³-hybridized carbons (Fsp3) is 0.333. The average Bonchev–Trinajstić information content (AvgIpc) is 2.89. The van der Waals surface area contributed by atoms with Gasteiger partial charge in [0.1, 0.15) is 12.4 Å². The Morgan fingerprint density at radius 1 is 1.05 bits per heavy atom. The molecule has 20 heavy (non-hydrogen) atoms. The summed E-state index contributed by atoms with van der Waals surface area (Å²) in [5.41, 5.74) is 4.44. The van der Waals surface area contributed by atoms with Crippen LogP contribution in [0.1, 0.15) is 23.7 Å². The number of aromatic nitrogens is 2. The molecule has 1 aromatic carbocycles. The minimum atomic E-state index is 0.412. The number of nitrogens with zero attached hydrogens (tertiary/aromatic N) is 4. The molecule has 0 amide bonds. The highest BCUT2D eigenvalue weighted by Crippen LogP contribution is 2.15. The van der Waals surface area contributed by atoms with Gasteiger partial charge in [0.05, 0.1) is 6.61 Å². The van der Waals surface area contributed by atoms with Gasteiger partial charge in [-0.25, -0.2) is 15.0 Å². The summed E-state index contributed by atoms with van der Waals surface area (Å²) in [6, 6.07) is 8.38. The van der Waals surface area contributed by atoms with Crippen molar-refractivity contribution in [1.82, 2.24) is 9.97 Å². The summed E-state index contributed by atoms with van der Waals surface area (Å²) < 4.78 is 5.58. The van der Waals surface area contributed by atoms with E-state index in [1.807, 2.05) is 6.92 Å². The molecule has 0 bridgehead atoms. The minimum Gasteiger partial charge on any atom is -0.477 e. The van der Waals surface area contributed by atoms with E-state index in [9.17, 15) is 0 Å². The predicted octanol–water partition coefficient (Wildman–Crippen LogP) is 0.985. The molecule has 1 aliphatic heterocycles. The van der Waals surface area contributed by atoms with Crippen molar-refractivity contribution < 1.29 is 4.74 Å². The van der Waals surface area contributed by atoms with Crippen molar-refractivity contribution >= 4 is 0 Å². The molecule has 0 unspecified atom stereocenters. The van der Waals surface area contributed by atoms with E-state index in [4.69, 9.17) is 4.74 Å². The smallest absolute Gasteiger partial charge is 0.238 e. The van der Waals surface area contributed by atoms with Gasteiger partial charge in [-0.1, -0.05) is 29.8 Å². The van der Waals surface area contributed by atoms with Crippen molar-refractivity contribution in [1.29, 1.82) is 0 Å². The SMILES string of the molecule is CCOc1nc2c(nc1Cc1ccc(C)cc1)=NCN=2. The monoisotopic (exact) mass is 268 g/mol. The molecule has 1 aromatic heterocycles. The lowest BCUT2D eigenvalue weighted by Gasteiger charge is -2.07. The fourth-order valence-corrected chi connectivity index (χ4v) is 2.08. The third kappa shape index (κ3) is 2.52. The summed E-state index contributed by atoms with van der Waals surface area (Å²) in [4.78, 5) is 17.4. The van der Waals surface area contributed by atoms with Crippen LogP contribution < -0.4 is 15.7 Å². The third-order valence-corrected chi connectivity index (χ3v) is 3.11. The van der Waals surface area contributed by atoms with Gasteiger partial charge in [0.2, 0.25) is 5.88 Å². The molecule has 0 aliphatic carbocycles. The van der Waals surface area contributed by atoms with E-state index in [0.29, 0.717) is 36.6 Å². The predicted molar refractivity (Wildman–Crippen MR) is 74.4 cm³/mol. The van der Waals surface area contributed by atoms with Crippen LogP contribution in [0.15, 0.2) is 34.3 Å². The molecule has 0 saturated heterocycles. The molecule has 1 aliphatic rings. The maximum Gasteiger partial charge on any atom is 0.238 e. The highest BCUT2D eigenvalue weighted by atomic mass is 16.5. The van der Waals surface area contributed by atoms with Gasteiger partial charge in [-0.3, -0.25) is 0 Å². The van der Waals surface area contributed by atoms with Crippen LogP contribution in [0.25, 0.3) is 0 Å². The second-order valence-electron chi connectivity index (χ2n) is 4.68. The van der Waals surface area contributed by atoms with Crippen LogP contribution in [0.2, 0.25) is 0 Å². The first-order valence-corrected chi connectivity index (χ1v) is 6.70. The molecular formula is C15H16N4O. The van der Waals surface area contributed by atoms with Crippen LogP contribution in [-0.4, -0.2) is 23.2 Å². The minimum absolute atomic E-state index is 0.412. The Morgan fingerprint density at radius 2 is 1.75 bits per heavy atom. The second kappa shape index (κ2) is 5.36. The lowest BCUT2D eigenvalue weighted by atomic mass is 10.1. The Balaban J connectivity index is 2.00. The van der Waals surface area contributed by atoms with Gasteiger partial charge in [0.25, 0.3) is 0 Å². The molecule has 0 N–H and O–H groups in total. The Hall–Kier alpha value is -2.30. The molecule has 2 aromatic rings. The normalized spacial score (nSPS) is 12.5. The summed E-state index contributed by atoms with van der Waals surface area (Å²) in [6.07, 6.45) is 0.686. The van der Waals surface area contributed by atoms with Gasteiger partial charge in [0, 0.05) is 6.42 Å². The van der Waals surface area contributed by atoms with Crippen molar-refractivity contribution in [3.05, 3.63) is 52.1 Å². The Bertz CT molecular complexity index is 738. The van der Waals surface area contributed by atoms with E-state index in [1.165, 1.54) is 11.1 Å². The van der Waals surface area contributed by atoms with E-state index in [1.54, 1.807) is 0 Å². The number of ether oxygens (including phenoxy) is 1. The molecule has 2 heterocycles. The maximum absolute atomic E-state index is 5.58. The van der Waals surface area contributed by atoms with Crippen LogP contribution in [0.3, 0.4) is 0 Å². The molecule has 5 heteroatoms. The molecule has 5 nitrogen and oxygen atoms in total. The zero-order valence-corrected chi connectivity index (χ0v) is 11.6. The molecule has 0 fully saturated rings. The Kier molecular flexibility index (Phi) is 3.41. The van der Waals surface area contributed by atoms with Gasteiger partial charge >= 0.3 is 0 Å². The van der Waals surface area contributed by atoms with Crippen LogP contribution in [0.5, 0.6) is 5.88 Å². The Morgan fingerprint density at radius 3 is 2.45 bits per heavy atom. The van der Waals surface area contributed by atoms with E-state index in [-0.39, 0.29) is 0 Å². The van der Waals surface area contributed by atoms with E-state index in [2.05, 4.69) is 51.1 Å². The topological polar surface area (TPSA) is 59.7 Å². The number of fused-ring (bicyclic) bond motifs is 1. The fourth-order valence-electron chi connectivity index (χ4n) is 2.08. The molecule has 0 saturated carbocycles. The van der Waals surface area contributed by atoms with Crippen LogP contribution in [0, 0.1) is 6.92 Å². The van der Waals surface area contributed by atoms with Gasteiger partial charge in [-0.2, -0.15) is 4.98 Å². The van der Waals surface area contributed by atoms with Gasteiger partial charge in [0.15, 0.2) is 11.0 Å². The van der Waals surface area contributed by atoms with Gasteiger partial charge < -0.3 is 4.74 Å². The van der Waals surface area contributed by atoms with Crippen molar-refractivity contribution in [2.45, 2.75) is 20.3 Å². The number of aryl methyl sites for hydroxylation is 1. The van der Waals surface area contributed by atoms with Gasteiger partial charge in [-0.05, 0) is 19.4 Å². The number of hydrogen-bond acceptors (Lipinski definition) is 5. The maximum atomic E-state index is 5.58. The lowest BCUT2D eigenvalue weighted by Crippen LogP contribution is -2.31. The molecule has 102 valence electrons. The van der Waals surface area contributed by atoms with Crippen LogP contribution in [-0.2, 0) is 6.42 Å². The molecular weight excluding hydrogens is 252 g/mol. The first kappa shape index (κ1) is 12.7. The van der Waals surface area contributed by atoms with Crippen molar-refractivity contribution in [3.8, 4) is 5.88 Å². The summed E-state index contributed by atoms with van der Waals surface area (Å²) in [5.74, 6) is 0.563. The highest BCUT2D eigenvalue weighted by Gasteiger charge is 2.12. The largest absolute Gasteiger partial charge is 0.477 e. The third-order valence-electron chi connectivity index (χ3n) is 3.11. The number of hydrogen-bond donors (Lipinski definition) is 0. The van der Waals surface area contributed by atoms with Crippen molar-refractivity contribution in [2.24, 2.45) is 9.98 Å². The first-order chi connectivity index (χ1) is 9.76. The standard InChI is InChI=1S/C15H16N4O/c1-3-20-15-12(8-11-6-4-10(2)5-7-11)18-13-14(19-15)17-9-16-13/h4-7H,3,8-9H2,1-2H3. The second-order valence-corrected chi connectivity index (χ2v) is 4.68. The van der Waals surface area contributed by atoms with Crippen molar-refractivity contribution in [2.75, 3.05) is 13.3 Å². The Labute approximate surface area is 117 Å². The zero-order chi connectivity index (χ0) is 13.9. The number of rotatable bonds is 4. The van der Waals surface area contributed by atoms with E-state index >= 15 is 0 Å². The van der Waals surface area contributed by atoms with E-state index in [0.717, 1.165) is 5.69 Å². The average molecular weight is 268 g/mol. The molecule has 3 rings (SSSR count). The summed E-state index contributed by atoms with van der Waals surface area (Å²) in [6.45, 7) is 4.98. The zero-order valence-electron chi connectivity index (χ0n) is 11.6. The summed E-state index contributed by atoms with van der Waals surface area (Å²) >= 11 is 0. The van der Waals surface area contributed by atoms with Crippen LogP contribution >= 0.6 is 0 Å². The summed E-state index contributed by atoms with van der Waals surface area (Å²) in [5, 5.41) is 0. The number of benzene rings is 1. The first-order valence-electron chi connectivity index (χ1n) is 6.70. The quantitative estimate of drug-likeness (QED) is 0.830. The van der Waals surface area contributed by atoms with Gasteiger partial charge in [-0.15, -0.1) is 0 Å².